The highest BCUT2D eigenvalue weighted by molar-refractivity contribution is 7.99. The second kappa shape index (κ2) is 6.45. The summed E-state index contributed by atoms with van der Waals surface area (Å²) in [5.41, 5.74) is 1.18. The lowest BCUT2D eigenvalue weighted by Gasteiger charge is -2.14. The van der Waals surface area contributed by atoms with Gasteiger partial charge in [-0.1, -0.05) is 45.7 Å². The quantitative estimate of drug-likeness (QED) is 0.723. The van der Waals surface area contributed by atoms with E-state index < -0.39 is 0 Å². The molecule has 0 amide bonds. The van der Waals surface area contributed by atoms with Crippen LogP contribution >= 0.6 is 19.7 Å². The molecule has 0 radical (unpaired) electrons. The molecule has 2 rings (SSSR count). The first kappa shape index (κ1) is 13.7. The van der Waals surface area contributed by atoms with E-state index in [9.17, 15) is 0 Å². The minimum atomic E-state index is 0.0191. The predicted octanol–water partition coefficient (Wildman–Crippen LogP) is 4.89. The Morgan fingerprint density at radius 3 is 2.56 bits per heavy atom. The average molecular weight is 278 g/mol. The van der Waals surface area contributed by atoms with Gasteiger partial charge in [0.1, 0.15) is 0 Å². The zero-order valence-electron chi connectivity index (χ0n) is 11.1. The summed E-state index contributed by atoms with van der Waals surface area (Å²) in [5, 5.41) is 2.48. The molecule has 96 valence electrons. The highest BCUT2D eigenvalue weighted by Crippen LogP contribution is 2.35. The Morgan fingerprint density at radius 1 is 1.17 bits per heavy atom. The van der Waals surface area contributed by atoms with Crippen molar-refractivity contribution >= 4 is 25.0 Å². The third-order valence-corrected chi connectivity index (χ3v) is 6.31. The molecule has 1 heterocycles. The molecule has 0 aliphatic carbocycles. The van der Waals surface area contributed by atoms with E-state index in [1.165, 1.54) is 28.1 Å². The topological polar surface area (TPSA) is 13.1 Å². The molecular weight excluding hydrogens is 259 g/mol. The van der Waals surface area contributed by atoms with Crippen molar-refractivity contribution in [2.45, 2.75) is 30.8 Å². The number of aryl methyl sites for hydroxylation is 1. The summed E-state index contributed by atoms with van der Waals surface area (Å²) >= 11 is 1.70. The lowest BCUT2D eigenvalue weighted by atomic mass is 10.4. The molecule has 0 fully saturated rings. The van der Waals surface area contributed by atoms with Crippen molar-refractivity contribution in [2.75, 3.05) is 12.3 Å². The van der Waals surface area contributed by atoms with Gasteiger partial charge in [0, 0.05) is 4.90 Å². The van der Waals surface area contributed by atoms with Gasteiger partial charge in [0.15, 0.2) is 5.09 Å². The lowest BCUT2D eigenvalue weighted by Crippen LogP contribution is -2.03. The van der Waals surface area contributed by atoms with Crippen molar-refractivity contribution in [3.63, 3.8) is 0 Å². The Morgan fingerprint density at radius 2 is 1.94 bits per heavy atom. The molecule has 18 heavy (non-hydrogen) atoms. The molecule has 0 saturated heterocycles. The lowest BCUT2D eigenvalue weighted by molar-refractivity contribution is 0.473. The molecule has 0 N–H and O–H groups in total. The molecule has 0 saturated carbocycles. The first-order chi connectivity index (χ1) is 8.72. The van der Waals surface area contributed by atoms with Crippen LogP contribution in [-0.2, 0) is 0 Å². The fourth-order valence-corrected chi connectivity index (χ4v) is 4.70. The van der Waals surface area contributed by atoms with E-state index in [0.717, 1.165) is 5.09 Å². The summed E-state index contributed by atoms with van der Waals surface area (Å²) in [6.45, 7) is 6.62. The summed E-state index contributed by atoms with van der Waals surface area (Å²) in [6.07, 6.45) is 4.33. The van der Waals surface area contributed by atoms with E-state index in [0.29, 0.717) is 0 Å². The first-order valence-electron chi connectivity index (χ1n) is 6.31. The Bertz CT molecular complexity index is 503. The summed E-state index contributed by atoms with van der Waals surface area (Å²) in [7, 11) is 0.0191. The van der Waals surface area contributed by atoms with E-state index in [-0.39, 0.29) is 7.92 Å². The van der Waals surface area contributed by atoms with Crippen LogP contribution in [0.4, 0.5) is 0 Å². The minimum Gasteiger partial charge on any atom is -0.458 e. The average Bonchev–Trinajstić information content (AvgIpc) is 2.77. The fraction of sp³-hybridized carbons (Fsp3) is 0.333. The van der Waals surface area contributed by atoms with Gasteiger partial charge >= 0.3 is 0 Å². The van der Waals surface area contributed by atoms with E-state index >= 15 is 0 Å². The third kappa shape index (κ3) is 3.40. The van der Waals surface area contributed by atoms with Crippen LogP contribution in [0.25, 0.3) is 0 Å². The predicted molar refractivity (Wildman–Crippen MR) is 81.6 cm³/mol. The second-order valence-corrected chi connectivity index (χ2v) is 8.15. The molecular formula is C15H19OPS. The van der Waals surface area contributed by atoms with Gasteiger partial charge < -0.3 is 4.42 Å². The molecule has 2 aromatic rings. The number of benzene rings is 1. The Labute approximate surface area is 115 Å². The van der Waals surface area contributed by atoms with Gasteiger partial charge in [0.2, 0.25) is 0 Å². The molecule has 0 aliphatic rings. The molecule has 0 atom stereocenters. The van der Waals surface area contributed by atoms with Crippen LogP contribution in [0.5, 0.6) is 0 Å². The smallest absolute Gasteiger partial charge is 0.165 e. The van der Waals surface area contributed by atoms with Gasteiger partial charge in [-0.05, 0) is 48.3 Å². The largest absolute Gasteiger partial charge is 0.458 e. The molecule has 3 heteroatoms. The first-order valence-corrected chi connectivity index (χ1v) is 8.83. The van der Waals surface area contributed by atoms with Crippen molar-refractivity contribution < 1.29 is 4.42 Å². The number of furan rings is 1. The molecule has 0 bridgehead atoms. The Hall–Kier alpha value is -0.720. The molecule has 0 unspecified atom stereocenters. The van der Waals surface area contributed by atoms with Crippen LogP contribution in [-0.4, -0.2) is 12.3 Å². The number of hydrogen-bond donors (Lipinski definition) is 0. The maximum atomic E-state index is 5.49. The van der Waals surface area contributed by atoms with Crippen LogP contribution < -0.4 is 5.30 Å². The summed E-state index contributed by atoms with van der Waals surface area (Å²) in [5.74, 6) is 0. The number of rotatable bonds is 5. The summed E-state index contributed by atoms with van der Waals surface area (Å²) in [6, 6.07) is 11.0. The molecule has 1 aromatic carbocycles. The van der Waals surface area contributed by atoms with Crippen molar-refractivity contribution in [2.24, 2.45) is 0 Å². The van der Waals surface area contributed by atoms with Crippen LogP contribution in [0.15, 0.2) is 51.0 Å². The van der Waals surface area contributed by atoms with Crippen LogP contribution in [0.2, 0.25) is 0 Å². The maximum absolute atomic E-state index is 5.49. The van der Waals surface area contributed by atoms with Gasteiger partial charge in [-0.2, -0.15) is 0 Å². The zero-order valence-corrected chi connectivity index (χ0v) is 12.9. The van der Waals surface area contributed by atoms with Crippen molar-refractivity contribution in [1.82, 2.24) is 0 Å². The minimum absolute atomic E-state index is 0.0191. The highest BCUT2D eigenvalue weighted by Gasteiger charge is 2.08. The molecule has 1 nitrogen and oxygen atoms in total. The van der Waals surface area contributed by atoms with Gasteiger partial charge in [-0.15, -0.1) is 0 Å². The number of hydrogen-bond acceptors (Lipinski definition) is 2. The van der Waals surface area contributed by atoms with E-state index in [1.807, 2.05) is 0 Å². The van der Waals surface area contributed by atoms with Crippen molar-refractivity contribution in [3.8, 4) is 0 Å². The van der Waals surface area contributed by atoms with E-state index in [1.54, 1.807) is 18.0 Å². The third-order valence-electron chi connectivity index (χ3n) is 2.87. The maximum Gasteiger partial charge on any atom is 0.165 e. The fourth-order valence-electron chi connectivity index (χ4n) is 1.91. The monoisotopic (exact) mass is 278 g/mol. The van der Waals surface area contributed by atoms with Gasteiger partial charge in [-0.3, -0.25) is 0 Å². The van der Waals surface area contributed by atoms with Crippen LogP contribution in [0.3, 0.4) is 0 Å². The Kier molecular flexibility index (Phi) is 4.91. The van der Waals surface area contributed by atoms with Crippen molar-refractivity contribution in [3.05, 3.63) is 42.2 Å². The Balaban J connectivity index is 2.16. The van der Waals surface area contributed by atoms with E-state index in [2.05, 4.69) is 51.1 Å². The van der Waals surface area contributed by atoms with Crippen LogP contribution in [0, 0.1) is 6.92 Å². The van der Waals surface area contributed by atoms with Crippen LogP contribution in [0.1, 0.15) is 19.4 Å². The highest BCUT2D eigenvalue weighted by atomic mass is 32.2. The zero-order chi connectivity index (χ0) is 13.0. The standard InChI is InChI=1S/C15H19OPS/c1-4-17(5-2)13-7-6-8-14(10-13)18-15-9-12(3)11-16-15/h6-11H,4-5H2,1-3H3. The molecule has 0 spiro atoms. The van der Waals surface area contributed by atoms with Gasteiger partial charge in [0.05, 0.1) is 6.26 Å². The van der Waals surface area contributed by atoms with Gasteiger partial charge in [0.25, 0.3) is 0 Å². The molecule has 0 aliphatic heterocycles. The van der Waals surface area contributed by atoms with Gasteiger partial charge in [-0.25, -0.2) is 0 Å². The molecule has 1 aromatic heterocycles. The normalized spacial score (nSPS) is 11.1. The SMILES string of the molecule is CCP(CC)c1cccc(Sc2cc(C)co2)c1. The summed E-state index contributed by atoms with van der Waals surface area (Å²) < 4.78 is 5.49. The second-order valence-electron chi connectivity index (χ2n) is 4.21. The summed E-state index contributed by atoms with van der Waals surface area (Å²) in [4.78, 5) is 1.27. The van der Waals surface area contributed by atoms with Crippen molar-refractivity contribution in [1.29, 1.82) is 0 Å². The van der Waals surface area contributed by atoms with E-state index in [4.69, 9.17) is 4.42 Å².